The maximum absolute atomic E-state index is 10.8. The Morgan fingerprint density at radius 2 is 1.50 bits per heavy atom. The van der Waals surface area contributed by atoms with E-state index in [0.29, 0.717) is 5.56 Å². The third kappa shape index (κ3) is 7.80. The van der Waals surface area contributed by atoms with E-state index >= 15 is 0 Å². The second kappa shape index (κ2) is 12.0. The van der Waals surface area contributed by atoms with Crippen LogP contribution in [-0.4, -0.2) is 17.7 Å². The van der Waals surface area contributed by atoms with E-state index < -0.39 is 5.97 Å². The summed E-state index contributed by atoms with van der Waals surface area (Å²) in [5.74, 6) is 1.73. The number of unbranched alkanes of at least 4 members (excludes halogenated alkanes) is 4. The minimum absolute atomic E-state index is 0.305. The summed E-state index contributed by atoms with van der Waals surface area (Å²) in [5, 5.41) is 8.89. The molecular weight excluding hydrogens is 324 g/mol. The lowest BCUT2D eigenvalue weighted by atomic mass is 9.78. The maximum Gasteiger partial charge on any atom is 0.335 e. The van der Waals surface area contributed by atoms with Gasteiger partial charge in [0.05, 0.1) is 12.2 Å². The molecule has 0 unspecified atom stereocenters. The van der Waals surface area contributed by atoms with Gasteiger partial charge in [-0.3, -0.25) is 0 Å². The Balaban J connectivity index is 1.51. The van der Waals surface area contributed by atoms with Gasteiger partial charge >= 0.3 is 5.97 Å². The third-order valence-corrected chi connectivity index (χ3v) is 5.81. The molecule has 1 aliphatic rings. The summed E-state index contributed by atoms with van der Waals surface area (Å²) >= 11 is 0. The number of carbonyl (C=O) groups is 1. The van der Waals surface area contributed by atoms with Crippen molar-refractivity contribution in [3.05, 3.63) is 29.8 Å². The molecule has 1 aromatic rings. The molecule has 0 heterocycles. The molecule has 3 nitrogen and oxygen atoms in total. The second-order valence-electron chi connectivity index (χ2n) is 7.91. The van der Waals surface area contributed by atoms with Crippen LogP contribution in [0.4, 0.5) is 0 Å². The molecule has 0 bridgehead atoms. The van der Waals surface area contributed by atoms with E-state index in [-0.39, 0.29) is 0 Å². The van der Waals surface area contributed by atoms with Gasteiger partial charge in [-0.1, -0.05) is 71.1 Å². The van der Waals surface area contributed by atoms with Crippen LogP contribution >= 0.6 is 0 Å². The van der Waals surface area contributed by atoms with Gasteiger partial charge in [0.25, 0.3) is 0 Å². The van der Waals surface area contributed by atoms with Gasteiger partial charge in [-0.25, -0.2) is 4.79 Å². The predicted molar refractivity (Wildman–Crippen MR) is 107 cm³/mol. The van der Waals surface area contributed by atoms with Crippen molar-refractivity contribution in [1.29, 1.82) is 0 Å². The zero-order valence-corrected chi connectivity index (χ0v) is 16.4. The molecule has 0 spiro atoms. The SMILES string of the molecule is CCCCCCC[C@H]1CC[C@H](CCCOc2ccc(C(=O)O)cc2)CC1. The first-order valence-electron chi connectivity index (χ1n) is 10.6. The van der Waals surface area contributed by atoms with Crippen molar-refractivity contribution in [3.63, 3.8) is 0 Å². The molecular formula is C23H36O3. The number of carboxylic acid groups (broad SMARTS) is 1. The predicted octanol–water partition coefficient (Wildman–Crippen LogP) is 6.71. The van der Waals surface area contributed by atoms with Gasteiger partial charge in [0.2, 0.25) is 0 Å². The molecule has 0 saturated heterocycles. The molecule has 3 heteroatoms. The fourth-order valence-corrected chi connectivity index (χ4v) is 4.10. The van der Waals surface area contributed by atoms with Gasteiger partial charge in [0.1, 0.15) is 5.75 Å². The van der Waals surface area contributed by atoms with Crippen molar-refractivity contribution in [2.45, 2.75) is 84.0 Å². The van der Waals surface area contributed by atoms with Gasteiger partial charge in [0, 0.05) is 0 Å². The van der Waals surface area contributed by atoms with Gasteiger partial charge in [-0.05, 0) is 48.9 Å². The highest BCUT2D eigenvalue weighted by atomic mass is 16.5. The molecule has 0 aliphatic heterocycles. The van der Waals surface area contributed by atoms with Crippen LogP contribution in [0.2, 0.25) is 0 Å². The number of hydrogen-bond donors (Lipinski definition) is 1. The average molecular weight is 361 g/mol. The Labute approximate surface area is 159 Å². The summed E-state index contributed by atoms with van der Waals surface area (Å²) in [6.07, 6.45) is 16.5. The van der Waals surface area contributed by atoms with Gasteiger partial charge in [-0.2, -0.15) is 0 Å². The van der Waals surface area contributed by atoms with E-state index in [4.69, 9.17) is 9.84 Å². The van der Waals surface area contributed by atoms with Crippen LogP contribution in [0, 0.1) is 11.8 Å². The number of benzene rings is 1. The first-order chi connectivity index (χ1) is 12.7. The smallest absolute Gasteiger partial charge is 0.335 e. The largest absolute Gasteiger partial charge is 0.494 e. The Morgan fingerprint density at radius 1 is 0.923 bits per heavy atom. The summed E-state index contributed by atoms with van der Waals surface area (Å²) in [6, 6.07) is 6.69. The first-order valence-corrected chi connectivity index (χ1v) is 10.6. The van der Waals surface area contributed by atoms with Gasteiger partial charge < -0.3 is 9.84 Å². The molecule has 1 aromatic carbocycles. The van der Waals surface area contributed by atoms with E-state index in [0.717, 1.165) is 30.6 Å². The Kier molecular flexibility index (Phi) is 9.58. The quantitative estimate of drug-likeness (QED) is 0.421. The summed E-state index contributed by atoms with van der Waals surface area (Å²) in [4.78, 5) is 10.8. The lowest BCUT2D eigenvalue weighted by Gasteiger charge is -2.28. The van der Waals surface area contributed by atoms with Crippen molar-refractivity contribution < 1.29 is 14.6 Å². The summed E-state index contributed by atoms with van der Waals surface area (Å²) in [7, 11) is 0. The highest BCUT2D eigenvalue weighted by molar-refractivity contribution is 5.87. The zero-order chi connectivity index (χ0) is 18.6. The number of ether oxygens (including phenoxy) is 1. The van der Waals surface area contributed by atoms with Crippen molar-refractivity contribution in [2.75, 3.05) is 6.61 Å². The van der Waals surface area contributed by atoms with Crippen molar-refractivity contribution >= 4 is 5.97 Å². The molecule has 1 fully saturated rings. The van der Waals surface area contributed by atoms with Crippen LogP contribution in [0.5, 0.6) is 5.75 Å². The summed E-state index contributed by atoms with van der Waals surface area (Å²) in [6.45, 7) is 3.01. The van der Waals surface area contributed by atoms with E-state index in [1.54, 1.807) is 24.3 Å². The Morgan fingerprint density at radius 3 is 2.08 bits per heavy atom. The van der Waals surface area contributed by atoms with Crippen LogP contribution in [0.1, 0.15) is 94.3 Å². The van der Waals surface area contributed by atoms with Crippen LogP contribution in [0.3, 0.4) is 0 Å². The molecule has 0 radical (unpaired) electrons. The lowest BCUT2D eigenvalue weighted by molar-refractivity contribution is 0.0697. The second-order valence-corrected chi connectivity index (χ2v) is 7.91. The van der Waals surface area contributed by atoms with E-state index in [1.807, 2.05) is 0 Å². The van der Waals surface area contributed by atoms with Gasteiger partial charge in [0.15, 0.2) is 0 Å². The first kappa shape index (κ1) is 20.8. The molecule has 1 saturated carbocycles. The monoisotopic (exact) mass is 360 g/mol. The van der Waals surface area contributed by atoms with Crippen molar-refractivity contribution in [1.82, 2.24) is 0 Å². The lowest BCUT2D eigenvalue weighted by Crippen LogP contribution is -2.15. The Hall–Kier alpha value is -1.51. The van der Waals surface area contributed by atoms with Crippen LogP contribution in [0.25, 0.3) is 0 Å². The highest BCUT2D eigenvalue weighted by Crippen LogP contribution is 2.34. The minimum atomic E-state index is -0.895. The molecule has 1 N–H and O–H groups in total. The molecule has 0 amide bonds. The average Bonchev–Trinajstić information content (AvgIpc) is 2.66. The van der Waals surface area contributed by atoms with E-state index in [1.165, 1.54) is 70.6 Å². The molecule has 26 heavy (non-hydrogen) atoms. The van der Waals surface area contributed by atoms with Gasteiger partial charge in [-0.15, -0.1) is 0 Å². The number of rotatable bonds is 12. The fraction of sp³-hybridized carbons (Fsp3) is 0.696. The number of carboxylic acids is 1. The highest BCUT2D eigenvalue weighted by Gasteiger charge is 2.20. The molecule has 0 atom stereocenters. The maximum atomic E-state index is 10.8. The van der Waals surface area contributed by atoms with Crippen LogP contribution in [0.15, 0.2) is 24.3 Å². The summed E-state index contributed by atoms with van der Waals surface area (Å²) < 4.78 is 5.75. The Bertz CT molecular complexity index is 501. The van der Waals surface area contributed by atoms with E-state index in [2.05, 4.69) is 6.92 Å². The van der Waals surface area contributed by atoms with Crippen LogP contribution < -0.4 is 4.74 Å². The fourth-order valence-electron chi connectivity index (χ4n) is 4.10. The molecule has 146 valence electrons. The molecule has 0 aromatic heterocycles. The zero-order valence-electron chi connectivity index (χ0n) is 16.4. The van der Waals surface area contributed by atoms with E-state index in [9.17, 15) is 4.79 Å². The summed E-state index contributed by atoms with van der Waals surface area (Å²) in [5.41, 5.74) is 0.305. The van der Waals surface area contributed by atoms with Crippen LogP contribution in [-0.2, 0) is 0 Å². The number of hydrogen-bond acceptors (Lipinski definition) is 2. The molecule has 1 aliphatic carbocycles. The number of aromatic carboxylic acids is 1. The third-order valence-electron chi connectivity index (χ3n) is 5.81. The minimum Gasteiger partial charge on any atom is -0.494 e. The molecule has 2 rings (SSSR count). The normalized spacial score (nSPS) is 20.0. The topological polar surface area (TPSA) is 46.5 Å². The van der Waals surface area contributed by atoms with Crippen molar-refractivity contribution in [2.24, 2.45) is 11.8 Å². The standard InChI is InChI=1S/C23H36O3/c1-2-3-4-5-6-8-19-10-12-20(13-11-19)9-7-18-26-22-16-14-21(15-17-22)23(24)25/h14-17,19-20H,2-13,18H2,1H3,(H,24,25)/t19-,20-. The van der Waals surface area contributed by atoms with Crippen molar-refractivity contribution in [3.8, 4) is 5.75 Å².